The highest BCUT2D eigenvalue weighted by Gasteiger charge is 2.77. The average Bonchev–Trinajstić information content (AvgIpc) is 3.29. The summed E-state index contributed by atoms with van der Waals surface area (Å²) in [6.45, 7) is 2.34. The molecule has 0 aromatic carbocycles. The minimum absolute atomic E-state index is 0.0466. The number of hydrogen-bond acceptors (Lipinski definition) is 5. The number of likely N-dealkylation sites (tertiary alicyclic amines) is 1. The van der Waals surface area contributed by atoms with Gasteiger partial charge in [0.25, 0.3) is 0 Å². The smallest absolute Gasteiger partial charge is 0.246 e. The van der Waals surface area contributed by atoms with E-state index in [1.54, 1.807) is 11.9 Å². The SMILES string of the molecule is CNC(=O)[C@@H]1[C@H]2C(=O)N(CCCCO)C(C(=O)NC3CCCCC3)C23CC[C@@]1(C)O3. The first kappa shape index (κ1) is 21.6. The number of amides is 3. The maximum Gasteiger partial charge on any atom is 0.246 e. The van der Waals surface area contributed by atoms with Crippen LogP contribution in [0.4, 0.5) is 0 Å². The molecule has 5 atom stereocenters. The maximum absolute atomic E-state index is 13.6. The Morgan fingerprint density at radius 3 is 2.57 bits per heavy atom. The lowest BCUT2D eigenvalue weighted by molar-refractivity contribution is -0.146. The number of aliphatic hydroxyl groups excluding tert-OH is 1. The number of carbonyl (C=O) groups excluding carboxylic acids is 3. The number of aliphatic hydroxyl groups is 1. The molecule has 3 N–H and O–H groups in total. The van der Waals surface area contributed by atoms with E-state index in [9.17, 15) is 19.5 Å². The number of ether oxygens (including phenoxy) is 1. The molecule has 3 amide bonds. The number of nitrogens with one attached hydrogen (secondary N) is 2. The van der Waals surface area contributed by atoms with E-state index in [2.05, 4.69) is 10.6 Å². The summed E-state index contributed by atoms with van der Waals surface area (Å²) >= 11 is 0. The Labute approximate surface area is 178 Å². The van der Waals surface area contributed by atoms with Crippen LogP contribution in [0.15, 0.2) is 0 Å². The van der Waals surface area contributed by atoms with Gasteiger partial charge in [0, 0.05) is 26.2 Å². The van der Waals surface area contributed by atoms with Gasteiger partial charge in [0.05, 0.1) is 17.4 Å². The van der Waals surface area contributed by atoms with Gasteiger partial charge in [-0.15, -0.1) is 0 Å². The van der Waals surface area contributed by atoms with E-state index in [1.165, 1.54) is 6.42 Å². The fraction of sp³-hybridized carbons (Fsp3) is 0.864. The van der Waals surface area contributed by atoms with Crippen LogP contribution in [-0.4, -0.2) is 71.2 Å². The van der Waals surface area contributed by atoms with E-state index >= 15 is 0 Å². The molecule has 0 radical (unpaired) electrons. The summed E-state index contributed by atoms with van der Waals surface area (Å²) in [7, 11) is 1.58. The van der Waals surface area contributed by atoms with Crippen LogP contribution in [0.5, 0.6) is 0 Å². The van der Waals surface area contributed by atoms with Crippen molar-refractivity contribution in [1.82, 2.24) is 15.5 Å². The molecule has 2 unspecified atom stereocenters. The van der Waals surface area contributed by atoms with Crippen molar-refractivity contribution in [2.24, 2.45) is 11.8 Å². The summed E-state index contributed by atoms with van der Waals surface area (Å²) in [5, 5.41) is 15.1. The Balaban J connectivity index is 1.65. The molecule has 0 aromatic rings. The van der Waals surface area contributed by atoms with Crippen molar-refractivity contribution in [2.75, 3.05) is 20.2 Å². The molecule has 4 rings (SSSR count). The van der Waals surface area contributed by atoms with Gasteiger partial charge < -0.3 is 25.4 Å². The topological polar surface area (TPSA) is 108 Å². The zero-order valence-electron chi connectivity index (χ0n) is 18.1. The third kappa shape index (κ3) is 3.23. The van der Waals surface area contributed by atoms with Gasteiger partial charge in [0.15, 0.2) is 0 Å². The molecule has 1 spiro atoms. The molecule has 168 valence electrons. The summed E-state index contributed by atoms with van der Waals surface area (Å²) in [6.07, 6.45) is 7.78. The first-order chi connectivity index (χ1) is 14.4. The zero-order chi connectivity index (χ0) is 21.5. The molecule has 8 nitrogen and oxygen atoms in total. The maximum atomic E-state index is 13.6. The molecule has 4 fully saturated rings. The van der Waals surface area contributed by atoms with Gasteiger partial charge in [-0.2, -0.15) is 0 Å². The van der Waals surface area contributed by atoms with Crippen molar-refractivity contribution >= 4 is 17.7 Å². The summed E-state index contributed by atoms with van der Waals surface area (Å²) in [5.74, 6) is -1.72. The van der Waals surface area contributed by atoms with Crippen molar-refractivity contribution in [1.29, 1.82) is 0 Å². The number of fused-ring (bicyclic) bond motifs is 1. The first-order valence-electron chi connectivity index (χ1n) is 11.5. The summed E-state index contributed by atoms with van der Waals surface area (Å²) in [6, 6.07) is -0.577. The van der Waals surface area contributed by atoms with Gasteiger partial charge in [-0.1, -0.05) is 19.3 Å². The molecule has 30 heavy (non-hydrogen) atoms. The highest BCUT2D eigenvalue weighted by atomic mass is 16.5. The van der Waals surface area contributed by atoms with E-state index < -0.39 is 29.1 Å². The van der Waals surface area contributed by atoms with Crippen LogP contribution in [0.3, 0.4) is 0 Å². The lowest BCUT2D eigenvalue weighted by Crippen LogP contribution is -2.57. The normalized spacial score (nSPS) is 38.0. The minimum Gasteiger partial charge on any atom is -0.396 e. The lowest BCUT2D eigenvalue weighted by Gasteiger charge is -2.35. The largest absolute Gasteiger partial charge is 0.396 e. The molecule has 1 saturated carbocycles. The van der Waals surface area contributed by atoms with Crippen LogP contribution < -0.4 is 10.6 Å². The molecular weight excluding hydrogens is 386 g/mol. The lowest BCUT2D eigenvalue weighted by atomic mass is 9.66. The predicted molar refractivity (Wildman–Crippen MR) is 109 cm³/mol. The van der Waals surface area contributed by atoms with Crippen LogP contribution in [0.25, 0.3) is 0 Å². The van der Waals surface area contributed by atoms with Crippen LogP contribution in [-0.2, 0) is 19.1 Å². The van der Waals surface area contributed by atoms with Crippen molar-refractivity contribution in [3.05, 3.63) is 0 Å². The number of rotatable bonds is 7. The van der Waals surface area contributed by atoms with Crippen LogP contribution >= 0.6 is 0 Å². The average molecular weight is 422 g/mol. The van der Waals surface area contributed by atoms with Crippen LogP contribution in [0.2, 0.25) is 0 Å². The first-order valence-corrected chi connectivity index (χ1v) is 11.5. The number of unbranched alkanes of at least 4 members (excludes halogenated alkanes) is 1. The van der Waals surface area contributed by atoms with Crippen LogP contribution in [0.1, 0.15) is 64.7 Å². The third-order valence-corrected chi connectivity index (χ3v) is 7.81. The molecule has 3 heterocycles. The molecule has 8 heteroatoms. The van der Waals surface area contributed by atoms with E-state index in [0.29, 0.717) is 32.2 Å². The van der Waals surface area contributed by atoms with Crippen LogP contribution in [0, 0.1) is 11.8 Å². The molecule has 3 saturated heterocycles. The second kappa shape index (κ2) is 8.11. The second-order valence-electron chi connectivity index (χ2n) is 9.65. The van der Waals surface area contributed by atoms with Gasteiger partial charge >= 0.3 is 0 Å². The Bertz CT molecular complexity index is 709. The molecule has 3 aliphatic heterocycles. The van der Waals surface area contributed by atoms with Gasteiger partial charge in [0.2, 0.25) is 17.7 Å². The van der Waals surface area contributed by atoms with E-state index in [0.717, 1.165) is 25.7 Å². The van der Waals surface area contributed by atoms with Crippen molar-refractivity contribution < 1.29 is 24.2 Å². The minimum atomic E-state index is -0.943. The molecule has 4 aliphatic rings. The second-order valence-corrected chi connectivity index (χ2v) is 9.65. The van der Waals surface area contributed by atoms with Crippen molar-refractivity contribution in [2.45, 2.75) is 88.0 Å². The summed E-state index contributed by atoms with van der Waals surface area (Å²) < 4.78 is 6.50. The Morgan fingerprint density at radius 2 is 1.90 bits per heavy atom. The number of carbonyl (C=O) groups is 3. The van der Waals surface area contributed by atoms with Crippen molar-refractivity contribution in [3.8, 4) is 0 Å². The number of hydrogen-bond donors (Lipinski definition) is 3. The van der Waals surface area contributed by atoms with Gasteiger partial charge in [-0.3, -0.25) is 14.4 Å². The van der Waals surface area contributed by atoms with Gasteiger partial charge in [-0.25, -0.2) is 0 Å². The fourth-order valence-electron chi connectivity index (χ4n) is 6.44. The van der Waals surface area contributed by atoms with Gasteiger partial charge in [-0.05, 0) is 45.4 Å². The van der Waals surface area contributed by atoms with E-state index in [4.69, 9.17) is 4.74 Å². The van der Waals surface area contributed by atoms with E-state index in [-0.39, 0.29) is 30.4 Å². The highest BCUT2D eigenvalue weighted by molar-refractivity contribution is 5.99. The molecule has 1 aliphatic carbocycles. The Kier molecular flexibility index (Phi) is 5.83. The monoisotopic (exact) mass is 421 g/mol. The van der Waals surface area contributed by atoms with Gasteiger partial charge in [0.1, 0.15) is 11.6 Å². The fourth-order valence-corrected chi connectivity index (χ4v) is 6.44. The Hall–Kier alpha value is -1.67. The standard InChI is InChI=1S/C22H35N3O5/c1-21-10-11-22(30-21)16(15(21)18(27)23-2)20(29)25(12-6-7-13-26)17(22)19(28)24-14-8-4-3-5-9-14/h14-17,26H,3-13H2,1-2H3,(H,23,27)(H,24,28)/t15-,16-,17?,21+,22?/m0/s1. The summed E-state index contributed by atoms with van der Waals surface area (Å²) in [5.41, 5.74) is -1.66. The summed E-state index contributed by atoms with van der Waals surface area (Å²) in [4.78, 5) is 41.5. The third-order valence-electron chi connectivity index (χ3n) is 7.81. The quantitative estimate of drug-likeness (QED) is 0.525. The molecule has 0 aromatic heterocycles. The Morgan fingerprint density at radius 1 is 1.17 bits per heavy atom. The molecular formula is C22H35N3O5. The predicted octanol–water partition coefficient (Wildman–Crippen LogP) is 0.719. The number of nitrogens with zero attached hydrogens (tertiary/aromatic N) is 1. The highest BCUT2D eigenvalue weighted by Crippen LogP contribution is 2.63. The van der Waals surface area contributed by atoms with E-state index in [1.807, 2.05) is 6.92 Å². The molecule has 2 bridgehead atoms. The van der Waals surface area contributed by atoms with Crippen molar-refractivity contribution in [3.63, 3.8) is 0 Å². The zero-order valence-corrected chi connectivity index (χ0v) is 18.1.